The molecule has 3 aromatic rings. The van der Waals surface area contributed by atoms with Gasteiger partial charge in [-0.3, -0.25) is 4.79 Å². The van der Waals surface area contributed by atoms with E-state index >= 15 is 0 Å². The Kier molecular flexibility index (Phi) is 5.05. The number of aromatic nitrogens is 1. The SMILES string of the molecule is Cc1cc(-c2ccc3ccccc3n2)cs1.O=C1CSC(=S)N1. The van der Waals surface area contributed by atoms with Crippen LogP contribution in [0.25, 0.3) is 22.2 Å². The summed E-state index contributed by atoms with van der Waals surface area (Å²) in [5.41, 5.74) is 3.33. The van der Waals surface area contributed by atoms with Crippen LogP contribution >= 0.6 is 35.3 Å². The van der Waals surface area contributed by atoms with Crippen LogP contribution in [0.2, 0.25) is 0 Å². The number of nitrogens with zero attached hydrogens (tertiary/aromatic N) is 1. The van der Waals surface area contributed by atoms with Gasteiger partial charge in [0.2, 0.25) is 5.91 Å². The molecule has 0 saturated carbocycles. The number of aryl methyl sites for hydroxylation is 1. The van der Waals surface area contributed by atoms with Crippen molar-refractivity contribution in [2.24, 2.45) is 0 Å². The molecule has 1 aliphatic heterocycles. The number of hydrogen-bond acceptors (Lipinski definition) is 5. The highest BCUT2D eigenvalue weighted by molar-refractivity contribution is 8.24. The molecule has 3 nitrogen and oxygen atoms in total. The van der Waals surface area contributed by atoms with Gasteiger partial charge in [-0.1, -0.05) is 48.2 Å². The van der Waals surface area contributed by atoms with Crippen molar-refractivity contribution in [1.29, 1.82) is 0 Å². The van der Waals surface area contributed by atoms with Crippen molar-refractivity contribution in [1.82, 2.24) is 10.3 Å². The lowest BCUT2D eigenvalue weighted by Crippen LogP contribution is -2.18. The summed E-state index contributed by atoms with van der Waals surface area (Å²) in [4.78, 5) is 16.2. The molecule has 1 aromatic carbocycles. The van der Waals surface area contributed by atoms with Gasteiger partial charge in [-0.05, 0) is 25.1 Å². The van der Waals surface area contributed by atoms with Gasteiger partial charge in [0.1, 0.15) is 4.32 Å². The average molecular weight is 359 g/mol. The van der Waals surface area contributed by atoms with Crippen molar-refractivity contribution < 1.29 is 4.79 Å². The second kappa shape index (κ2) is 7.21. The first-order valence-electron chi connectivity index (χ1n) is 7.00. The Morgan fingerprint density at radius 1 is 1.22 bits per heavy atom. The van der Waals surface area contributed by atoms with Gasteiger partial charge in [0.05, 0.1) is 17.0 Å². The number of benzene rings is 1. The van der Waals surface area contributed by atoms with Crippen molar-refractivity contribution in [2.45, 2.75) is 6.92 Å². The third kappa shape index (κ3) is 4.16. The van der Waals surface area contributed by atoms with E-state index in [0.29, 0.717) is 10.1 Å². The maximum Gasteiger partial charge on any atom is 0.235 e. The van der Waals surface area contributed by atoms with Crippen molar-refractivity contribution in [3.05, 3.63) is 52.7 Å². The zero-order valence-corrected chi connectivity index (χ0v) is 14.9. The molecule has 0 radical (unpaired) electrons. The molecule has 1 fully saturated rings. The molecule has 3 heterocycles. The molecule has 0 bridgehead atoms. The molecule has 1 N–H and O–H groups in total. The molecule has 2 aromatic heterocycles. The number of thiocarbonyl (C=S) groups is 1. The quantitative estimate of drug-likeness (QED) is 0.655. The zero-order valence-electron chi connectivity index (χ0n) is 12.4. The molecular formula is C17H14N2OS3. The number of hydrogen-bond donors (Lipinski definition) is 1. The zero-order chi connectivity index (χ0) is 16.2. The highest BCUT2D eigenvalue weighted by atomic mass is 32.2. The minimum absolute atomic E-state index is 0.0231. The molecule has 1 amide bonds. The Balaban J connectivity index is 0.000000188. The van der Waals surface area contributed by atoms with Gasteiger partial charge in [0, 0.05) is 21.2 Å². The minimum Gasteiger partial charge on any atom is -0.311 e. The second-order valence-corrected chi connectivity index (χ2v) is 7.73. The van der Waals surface area contributed by atoms with Crippen LogP contribution in [0.5, 0.6) is 0 Å². The Bertz CT molecular complexity index is 859. The maximum absolute atomic E-state index is 10.2. The third-order valence-electron chi connectivity index (χ3n) is 3.20. The van der Waals surface area contributed by atoms with Crippen LogP contribution in [-0.2, 0) is 4.79 Å². The van der Waals surface area contributed by atoms with Gasteiger partial charge in [-0.15, -0.1) is 11.3 Å². The predicted octanol–water partition coefficient (Wildman–Crippen LogP) is 4.41. The maximum atomic E-state index is 10.2. The molecular weight excluding hydrogens is 344 g/mol. The number of thiophene rings is 1. The summed E-state index contributed by atoms with van der Waals surface area (Å²) in [6, 6.07) is 14.6. The van der Waals surface area contributed by atoms with Gasteiger partial charge in [-0.2, -0.15) is 0 Å². The summed E-state index contributed by atoms with van der Waals surface area (Å²) in [5.74, 6) is 0.522. The molecule has 0 aliphatic carbocycles. The molecule has 0 atom stereocenters. The smallest absolute Gasteiger partial charge is 0.235 e. The van der Waals surface area contributed by atoms with Gasteiger partial charge < -0.3 is 5.32 Å². The number of para-hydroxylation sites is 1. The second-order valence-electron chi connectivity index (χ2n) is 4.96. The van der Waals surface area contributed by atoms with Gasteiger partial charge in [0.25, 0.3) is 0 Å². The van der Waals surface area contributed by atoms with Crippen LogP contribution in [-0.4, -0.2) is 21.0 Å². The molecule has 1 aliphatic rings. The van der Waals surface area contributed by atoms with Crippen LogP contribution in [0.3, 0.4) is 0 Å². The first kappa shape index (κ1) is 16.1. The lowest BCUT2D eigenvalue weighted by atomic mass is 10.1. The predicted molar refractivity (Wildman–Crippen MR) is 103 cm³/mol. The van der Waals surface area contributed by atoms with E-state index in [9.17, 15) is 4.79 Å². The summed E-state index contributed by atoms with van der Waals surface area (Å²) in [6.07, 6.45) is 0. The number of fused-ring (bicyclic) bond motifs is 1. The Labute approximate surface area is 148 Å². The monoisotopic (exact) mass is 358 g/mol. The fourth-order valence-corrected chi connectivity index (χ4v) is 3.63. The number of nitrogens with one attached hydrogen (secondary N) is 1. The molecule has 0 unspecified atom stereocenters. The molecule has 1 saturated heterocycles. The van der Waals surface area contributed by atoms with E-state index in [0.717, 1.165) is 11.2 Å². The molecule has 116 valence electrons. The van der Waals surface area contributed by atoms with Crippen molar-refractivity contribution >= 4 is 56.4 Å². The summed E-state index contributed by atoms with van der Waals surface area (Å²) >= 11 is 7.77. The van der Waals surface area contributed by atoms with E-state index in [1.807, 2.05) is 12.1 Å². The standard InChI is InChI=1S/C14H11NS.C3H3NOS2/c1-10-8-12(9-16-10)14-7-6-11-4-2-3-5-13(11)15-14;5-2-1-7-3(6)4-2/h2-9H,1H3;1H2,(H,4,5,6). The number of carbonyl (C=O) groups excluding carboxylic acids is 1. The number of pyridine rings is 1. The van der Waals surface area contributed by atoms with E-state index in [1.54, 1.807) is 11.3 Å². The Morgan fingerprint density at radius 3 is 2.65 bits per heavy atom. The lowest BCUT2D eigenvalue weighted by molar-refractivity contribution is -0.116. The highest BCUT2D eigenvalue weighted by Crippen LogP contribution is 2.25. The topological polar surface area (TPSA) is 42.0 Å². The summed E-state index contributed by atoms with van der Waals surface area (Å²) in [5, 5.41) is 5.82. The Morgan fingerprint density at radius 2 is 2.04 bits per heavy atom. The summed E-state index contributed by atoms with van der Waals surface area (Å²) < 4.78 is 0.602. The first-order chi connectivity index (χ1) is 11.1. The lowest BCUT2D eigenvalue weighted by Gasteiger charge is -2.00. The van der Waals surface area contributed by atoms with Crippen LogP contribution in [0.1, 0.15) is 4.88 Å². The third-order valence-corrected chi connectivity index (χ3v) is 5.29. The number of thioether (sulfide) groups is 1. The fraction of sp³-hybridized carbons (Fsp3) is 0.118. The molecule has 4 rings (SSSR count). The van der Waals surface area contributed by atoms with Crippen LogP contribution in [0.15, 0.2) is 47.8 Å². The Hall–Kier alpha value is -1.76. The fourth-order valence-electron chi connectivity index (χ4n) is 2.12. The molecule has 6 heteroatoms. The summed E-state index contributed by atoms with van der Waals surface area (Å²) in [7, 11) is 0. The van der Waals surface area contributed by atoms with Crippen molar-refractivity contribution in [2.75, 3.05) is 5.75 Å². The van der Waals surface area contributed by atoms with Gasteiger partial charge >= 0.3 is 0 Å². The van der Waals surface area contributed by atoms with Crippen LogP contribution in [0, 0.1) is 6.92 Å². The number of rotatable bonds is 1. The van der Waals surface area contributed by atoms with E-state index < -0.39 is 0 Å². The largest absolute Gasteiger partial charge is 0.311 e. The van der Waals surface area contributed by atoms with E-state index in [2.05, 4.69) is 65.2 Å². The average Bonchev–Trinajstić information content (AvgIpc) is 3.15. The van der Waals surface area contributed by atoms with Gasteiger partial charge in [-0.25, -0.2) is 4.98 Å². The van der Waals surface area contributed by atoms with Gasteiger partial charge in [0.15, 0.2) is 0 Å². The first-order valence-corrected chi connectivity index (χ1v) is 9.27. The van der Waals surface area contributed by atoms with Crippen molar-refractivity contribution in [3.63, 3.8) is 0 Å². The number of amides is 1. The number of carbonyl (C=O) groups is 1. The van der Waals surface area contributed by atoms with Crippen LogP contribution in [0.4, 0.5) is 0 Å². The normalized spacial score (nSPS) is 13.6. The summed E-state index contributed by atoms with van der Waals surface area (Å²) in [6.45, 7) is 2.12. The highest BCUT2D eigenvalue weighted by Gasteiger charge is 2.13. The molecule has 0 spiro atoms. The van der Waals surface area contributed by atoms with E-state index in [1.165, 1.54) is 27.6 Å². The minimum atomic E-state index is 0.0231. The van der Waals surface area contributed by atoms with E-state index in [4.69, 9.17) is 0 Å². The molecule has 23 heavy (non-hydrogen) atoms. The van der Waals surface area contributed by atoms with Crippen LogP contribution < -0.4 is 5.32 Å². The van der Waals surface area contributed by atoms with Crippen molar-refractivity contribution in [3.8, 4) is 11.3 Å². The van der Waals surface area contributed by atoms with E-state index in [-0.39, 0.29) is 5.91 Å².